The molecule has 15 nitrogen and oxygen atoms in total. The second kappa shape index (κ2) is 22.5. The number of likely N-dealkylation sites (N-methyl/N-ethyl adjacent to an activating group) is 1. The van der Waals surface area contributed by atoms with Crippen LogP contribution in [0.1, 0.15) is 97.8 Å². The first-order valence-electron chi connectivity index (χ1n) is 20.4. The second-order valence-corrected chi connectivity index (χ2v) is 16.7. The van der Waals surface area contributed by atoms with Gasteiger partial charge < -0.3 is 39.4 Å². The van der Waals surface area contributed by atoms with E-state index in [1.807, 2.05) is 56.3 Å². The molecule has 0 aliphatic rings. The summed E-state index contributed by atoms with van der Waals surface area (Å²) in [7, 11) is 2.84. The molecule has 4 amide bonds. The fourth-order valence-corrected chi connectivity index (χ4v) is 6.17. The van der Waals surface area contributed by atoms with Crippen molar-refractivity contribution in [2.75, 3.05) is 54.2 Å². The molecule has 0 aliphatic heterocycles. The number of esters is 2. The van der Waals surface area contributed by atoms with Crippen LogP contribution in [0.5, 0.6) is 0 Å². The summed E-state index contributed by atoms with van der Waals surface area (Å²) in [6.07, 6.45) is -0.739. The van der Waals surface area contributed by atoms with Gasteiger partial charge in [0.2, 0.25) is 6.29 Å². The van der Waals surface area contributed by atoms with Crippen LogP contribution >= 0.6 is 0 Å². The number of amides is 4. The van der Waals surface area contributed by atoms with Crippen molar-refractivity contribution < 1.29 is 42.9 Å². The Kier molecular flexibility index (Phi) is 18.2. The Morgan fingerprint density at radius 2 is 1.47 bits per heavy atom. The molecule has 2 aromatic carbocycles. The van der Waals surface area contributed by atoms with Crippen molar-refractivity contribution in [3.05, 3.63) is 77.5 Å². The zero-order chi connectivity index (χ0) is 44.7. The first-order chi connectivity index (χ1) is 28.1. The van der Waals surface area contributed by atoms with E-state index in [-0.39, 0.29) is 37.3 Å². The molecule has 3 aromatic rings. The number of pyridine rings is 1. The standard InChI is InChI=1S/C45H64N6O9/c1-13-33(34-18-21-38(51(25-29(2)3)26-30(4)5)37(23-34)48-42(54)47-36-19-16-31(6)17-20-36)24-39(52)58-32(7)59-44(56)50(12)41-35(15-14-22-46-41)28-57-40(53)27-49(11)43(55)60-45(8,9)10/h14-23,29-30,32-33H,13,24-28H2,1-12H3,(H2,47,48,54). The highest BCUT2D eigenvalue weighted by Crippen LogP contribution is 2.34. The minimum Gasteiger partial charge on any atom is -0.459 e. The van der Waals surface area contributed by atoms with Crippen LogP contribution in [0.25, 0.3) is 0 Å². The van der Waals surface area contributed by atoms with Gasteiger partial charge in [-0.2, -0.15) is 0 Å². The van der Waals surface area contributed by atoms with Gasteiger partial charge in [0.15, 0.2) is 0 Å². The number of hydrogen-bond acceptors (Lipinski definition) is 11. The molecule has 328 valence electrons. The normalized spacial score (nSPS) is 12.2. The van der Waals surface area contributed by atoms with Crippen LogP contribution in [0.2, 0.25) is 0 Å². The van der Waals surface area contributed by atoms with Crippen molar-refractivity contribution in [2.45, 2.75) is 106 Å². The minimum atomic E-state index is -1.25. The molecule has 0 spiro atoms. The maximum absolute atomic E-state index is 13.3. The van der Waals surface area contributed by atoms with Crippen LogP contribution in [0.4, 0.5) is 37.3 Å². The zero-order valence-corrected chi connectivity index (χ0v) is 37.3. The lowest BCUT2D eigenvalue weighted by atomic mass is 9.92. The number of nitrogens with one attached hydrogen (secondary N) is 2. The van der Waals surface area contributed by atoms with Gasteiger partial charge in [-0.3, -0.25) is 14.5 Å². The van der Waals surface area contributed by atoms with Crippen molar-refractivity contribution in [1.82, 2.24) is 9.88 Å². The first kappa shape index (κ1) is 48.5. The van der Waals surface area contributed by atoms with Crippen molar-refractivity contribution >= 4 is 53.0 Å². The molecule has 0 fully saturated rings. The van der Waals surface area contributed by atoms with E-state index in [1.165, 1.54) is 27.2 Å². The van der Waals surface area contributed by atoms with E-state index in [2.05, 4.69) is 48.2 Å². The second-order valence-electron chi connectivity index (χ2n) is 16.7. The van der Waals surface area contributed by atoms with Crippen LogP contribution in [-0.2, 0) is 35.1 Å². The van der Waals surface area contributed by atoms with E-state index in [0.29, 0.717) is 35.2 Å². The Morgan fingerprint density at radius 1 is 0.817 bits per heavy atom. The maximum atomic E-state index is 13.3. The predicted octanol–water partition coefficient (Wildman–Crippen LogP) is 9.11. The fraction of sp³-hybridized carbons (Fsp3) is 0.511. The Labute approximate surface area is 355 Å². The van der Waals surface area contributed by atoms with Crippen molar-refractivity contribution in [3.8, 4) is 0 Å². The number of aromatic nitrogens is 1. The fourth-order valence-electron chi connectivity index (χ4n) is 6.17. The molecule has 2 N–H and O–H groups in total. The number of benzene rings is 2. The van der Waals surface area contributed by atoms with Crippen LogP contribution < -0.4 is 20.4 Å². The van der Waals surface area contributed by atoms with E-state index >= 15 is 0 Å². The number of nitrogens with zero attached hydrogens (tertiary/aromatic N) is 4. The van der Waals surface area contributed by atoms with Gasteiger partial charge in [0, 0.05) is 51.6 Å². The summed E-state index contributed by atoms with van der Waals surface area (Å²) >= 11 is 0. The van der Waals surface area contributed by atoms with Crippen molar-refractivity contribution in [1.29, 1.82) is 0 Å². The number of ether oxygens (including phenoxy) is 4. The third-order valence-electron chi connectivity index (χ3n) is 8.95. The lowest BCUT2D eigenvalue weighted by molar-refractivity contribution is -0.165. The monoisotopic (exact) mass is 832 g/mol. The topological polar surface area (TPSA) is 169 Å². The summed E-state index contributed by atoms with van der Waals surface area (Å²) in [5.41, 5.74) is 3.74. The molecule has 3 rings (SSSR count). The number of anilines is 4. The molecule has 60 heavy (non-hydrogen) atoms. The van der Waals surface area contributed by atoms with E-state index in [0.717, 1.165) is 39.7 Å². The van der Waals surface area contributed by atoms with Crippen molar-refractivity contribution in [3.63, 3.8) is 0 Å². The van der Waals surface area contributed by atoms with E-state index in [1.54, 1.807) is 32.9 Å². The summed E-state index contributed by atoms with van der Waals surface area (Å²) in [6, 6.07) is 16.3. The molecule has 1 heterocycles. The molecule has 1 aromatic heterocycles. The van der Waals surface area contributed by atoms with Crippen LogP contribution in [-0.4, -0.2) is 85.7 Å². The average molecular weight is 833 g/mol. The average Bonchev–Trinajstić information content (AvgIpc) is 3.15. The molecule has 0 saturated heterocycles. The number of hydrogen-bond donors (Lipinski definition) is 2. The van der Waals surface area contributed by atoms with Gasteiger partial charge in [0.1, 0.15) is 24.6 Å². The largest absolute Gasteiger partial charge is 0.459 e. The third kappa shape index (κ3) is 16.1. The summed E-state index contributed by atoms with van der Waals surface area (Å²) in [4.78, 5) is 73.3. The van der Waals surface area contributed by atoms with Crippen LogP contribution in [0.15, 0.2) is 60.8 Å². The number of rotatable bonds is 18. The molecule has 15 heteroatoms. The van der Waals surface area contributed by atoms with Gasteiger partial charge in [0.25, 0.3) is 0 Å². The van der Waals surface area contributed by atoms with E-state index in [9.17, 15) is 24.0 Å². The molecule has 0 radical (unpaired) electrons. The summed E-state index contributed by atoms with van der Waals surface area (Å²) in [5.74, 6) is -0.656. The molecule has 2 atom stereocenters. The molecule has 2 unspecified atom stereocenters. The summed E-state index contributed by atoms with van der Waals surface area (Å²) in [5, 5.41) is 5.99. The first-order valence-corrected chi connectivity index (χ1v) is 20.4. The summed E-state index contributed by atoms with van der Waals surface area (Å²) < 4.78 is 21.6. The van der Waals surface area contributed by atoms with E-state index in [4.69, 9.17) is 18.9 Å². The quantitative estimate of drug-likeness (QED) is 0.0712. The molecule has 0 saturated carbocycles. The highest BCUT2D eigenvalue weighted by Gasteiger charge is 2.26. The smallest absolute Gasteiger partial charge is 0.418 e. The number of carbonyl (C=O) groups excluding carboxylic acids is 5. The van der Waals surface area contributed by atoms with Gasteiger partial charge in [-0.1, -0.05) is 64.4 Å². The van der Waals surface area contributed by atoms with E-state index < -0.39 is 36.0 Å². The van der Waals surface area contributed by atoms with Crippen LogP contribution in [0.3, 0.4) is 0 Å². The Morgan fingerprint density at radius 3 is 2.07 bits per heavy atom. The molecule has 0 aliphatic carbocycles. The van der Waals surface area contributed by atoms with Crippen molar-refractivity contribution in [2.24, 2.45) is 11.8 Å². The number of urea groups is 1. The Bertz CT molecular complexity index is 1900. The summed E-state index contributed by atoms with van der Waals surface area (Å²) in [6.45, 7) is 20.1. The molecule has 0 bridgehead atoms. The predicted molar refractivity (Wildman–Crippen MR) is 233 cm³/mol. The Hall–Kier alpha value is -5.86. The minimum absolute atomic E-state index is 0.0108. The van der Waals surface area contributed by atoms with Gasteiger partial charge in [-0.05, 0) is 87.8 Å². The molecular weight excluding hydrogens is 769 g/mol. The van der Waals surface area contributed by atoms with Gasteiger partial charge in [0.05, 0.1) is 17.8 Å². The lowest BCUT2D eigenvalue weighted by Gasteiger charge is -2.31. The third-order valence-corrected chi connectivity index (χ3v) is 8.95. The number of carbonyl (C=O) groups is 5. The van der Waals surface area contributed by atoms with Crippen LogP contribution in [0, 0.1) is 18.8 Å². The number of aryl methyl sites for hydroxylation is 1. The zero-order valence-electron chi connectivity index (χ0n) is 37.3. The van der Waals surface area contributed by atoms with Gasteiger partial charge in [-0.15, -0.1) is 0 Å². The lowest BCUT2D eigenvalue weighted by Crippen LogP contribution is -2.37. The maximum Gasteiger partial charge on any atom is 0.418 e. The highest BCUT2D eigenvalue weighted by atomic mass is 16.7. The SMILES string of the molecule is CCC(CC(=O)OC(C)OC(=O)N(C)c1ncccc1COC(=O)CN(C)C(=O)OC(C)(C)C)c1ccc(N(CC(C)C)CC(C)C)c(NC(=O)Nc2ccc(C)cc2)c1. The van der Waals surface area contributed by atoms with Gasteiger partial charge in [-0.25, -0.2) is 19.4 Å². The highest BCUT2D eigenvalue weighted by molar-refractivity contribution is 6.02. The molecular formula is C45H64N6O9. The van der Waals surface area contributed by atoms with Gasteiger partial charge >= 0.3 is 30.2 Å². The Balaban J connectivity index is 1.69.